The summed E-state index contributed by atoms with van der Waals surface area (Å²) in [5.74, 6) is 0.878. The largest absolute Gasteiger partial charge is 0.492 e. The monoisotopic (exact) mass is 264 g/mol. The third-order valence-electron chi connectivity index (χ3n) is 2.96. The van der Waals surface area contributed by atoms with Crippen LogP contribution in [0.2, 0.25) is 0 Å². The van der Waals surface area contributed by atoms with Crippen LogP contribution in [0, 0.1) is 0 Å². The van der Waals surface area contributed by atoms with E-state index in [-0.39, 0.29) is 5.91 Å². The summed E-state index contributed by atoms with van der Waals surface area (Å²) in [6, 6.07) is 7.36. The number of carbonyl (C=O) groups is 1. The summed E-state index contributed by atoms with van der Waals surface area (Å²) in [7, 11) is 4.02. The minimum Gasteiger partial charge on any atom is -0.492 e. The molecule has 0 atom stereocenters. The molecule has 0 aliphatic carbocycles. The van der Waals surface area contributed by atoms with Gasteiger partial charge in [0.1, 0.15) is 12.4 Å². The molecule has 0 aromatic heterocycles. The number of ether oxygens (including phenoxy) is 1. The zero-order valence-corrected chi connectivity index (χ0v) is 12.3. The molecular weight excluding hydrogens is 240 g/mol. The van der Waals surface area contributed by atoms with E-state index in [0.29, 0.717) is 12.2 Å². The van der Waals surface area contributed by atoms with Gasteiger partial charge in [-0.3, -0.25) is 4.79 Å². The maximum Gasteiger partial charge on any atom is 0.253 e. The molecule has 0 spiro atoms. The zero-order valence-electron chi connectivity index (χ0n) is 12.3. The molecule has 0 fully saturated rings. The number of benzene rings is 1. The Labute approximate surface area is 116 Å². The lowest BCUT2D eigenvalue weighted by Gasteiger charge is -2.18. The second-order valence-corrected chi connectivity index (χ2v) is 4.65. The highest BCUT2D eigenvalue weighted by Gasteiger charge is 2.11. The van der Waals surface area contributed by atoms with Gasteiger partial charge in [-0.05, 0) is 52.2 Å². The summed E-state index contributed by atoms with van der Waals surface area (Å²) in [6.07, 6.45) is 0. The van der Waals surface area contributed by atoms with Gasteiger partial charge in [-0.15, -0.1) is 0 Å². The molecule has 1 rings (SSSR count). The van der Waals surface area contributed by atoms with Crippen LogP contribution < -0.4 is 4.74 Å². The minimum absolute atomic E-state index is 0.0739. The van der Waals surface area contributed by atoms with E-state index in [9.17, 15) is 4.79 Å². The van der Waals surface area contributed by atoms with Gasteiger partial charge in [0.25, 0.3) is 5.91 Å². The summed E-state index contributed by atoms with van der Waals surface area (Å²) >= 11 is 0. The van der Waals surface area contributed by atoms with Crippen LogP contribution in [0.1, 0.15) is 24.2 Å². The highest BCUT2D eigenvalue weighted by atomic mass is 16.5. The van der Waals surface area contributed by atoms with Crippen molar-refractivity contribution in [3.63, 3.8) is 0 Å². The maximum atomic E-state index is 12.1. The van der Waals surface area contributed by atoms with Gasteiger partial charge in [-0.25, -0.2) is 0 Å². The average Bonchev–Trinajstić information content (AvgIpc) is 2.40. The van der Waals surface area contributed by atoms with Gasteiger partial charge >= 0.3 is 0 Å². The summed E-state index contributed by atoms with van der Waals surface area (Å²) in [5, 5.41) is 0. The van der Waals surface area contributed by atoms with Crippen LogP contribution in [-0.2, 0) is 0 Å². The van der Waals surface area contributed by atoms with E-state index in [2.05, 4.69) is 4.90 Å². The fourth-order valence-corrected chi connectivity index (χ4v) is 1.73. The molecule has 1 aromatic rings. The van der Waals surface area contributed by atoms with Crippen LogP contribution in [0.5, 0.6) is 5.75 Å². The second-order valence-electron chi connectivity index (χ2n) is 4.65. The number of hydrogen-bond acceptors (Lipinski definition) is 3. The molecule has 0 saturated heterocycles. The van der Waals surface area contributed by atoms with Gasteiger partial charge in [-0.1, -0.05) is 0 Å². The summed E-state index contributed by atoms with van der Waals surface area (Å²) < 4.78 is 5.60. The third kappa shape index (κ3) is 4.91. The van der Waals surface area contributed by atoms with Crippen LogP contribution >= 0.6 is 0 Å². The molecule has 4 nitrogen and oxygen atoms in total. The number of nitrogens with zero attached hydrogens (tertiary/aromatic N) is 2. The van der Waals surface area contributed by atoms with E-state index in [1.54, 1.807) is 0 Å². The molecule has 106 valence electrons. The topological polar surface area (TPSA) is 32.8 Å². The van der Waals surface area contributed by atoms with Crippen LogP contribution in [0.3, 0.4) is 0 Å². The first-order valence-corrected chi connectivity index (χ1v) is 6.75. The Balaban J connectivity index is 2.58. The van der Waals surface area contributed by atoms with Gasteiger partial charge in [-0.2, -0.15) is 0 Å². The normalized spacial score (nSPS) is 10.6. The smallest absolute Gasteiger partial charge is 0.253 e. The highest BCUT2D eigenvalue weighted by Crippen LogP contribution is 2.13. The first-order valence-electron chi connectivity index (χ1n) is 6.75. The number of amides is 1. The van der Waals surface area contributed by atoms with Crippen LogP contribution in [0.4, 0.5) is 0 Å². The Bertz CT molecular complexity index is 384. The molecular formula is C15H24N2O2. The molecule has 0 radical (unpaired) electrons. The van der Waals surface area contributed by atoms with E-state index >= 15 is 0 Å². The second kappa shape index (κ2) is 7.79. The first kappa shape index (κ1) is 15.5. The predicted octanol–water partition coefficient (Wildman–Crippen LogP) is 2.11. The van der Waals surface area contributed by atoms with Crippen molar-refractivity contribution in [2.24, 2.45) is 0 Å². The van der Waals surface area contributed by atoms with Crippen LogP contribution in [0.25, 0.3) is 0 Å². The van der Waals surface area contributed by atoms with Crippen molar-refractivity contribution in [3.05, 3.63) is 29.8 Å². The Morgan fingerprint density at radius 1 is 1.11 bits per heavy atom. The molecule has 0 unspecified atom stereocenters. The van der Waals surface area contributed by atoms with Crippen molar-refractivity contribution < 1.29 is 9.53 Å². The first-order chi connectivity index (χ1) is 9.08. The third-order valence-corrected chi connectivity index (χ3v) is 2.96. The molecule has 1 aromatic carbocycles. The zero-order chi connectivity index (χ0) is 14.3. The van der Waals surface area contributed by atoms with Gasteiger partial charge in [0.2, 0.25) is 0 Å². The van der Waals surface area contributed by atoms with Crippen LogP contribution in [0.15, 0.2) is 24.3 Å². The minimum atomic E-state index is 0.0739. The number of likely N-dealkylation sites (N-methyl/N-ethyl adjacent to an activating group) is 1. The van der Waals surface area contributed by atoms with Crippen LogP contribution in [-0.4, -0.2) is 56.0 Å². The highest BCUT2D eigenvalue weighted by molar-refractivity contribution is 5.94. The Hall–Kier alpha value is -1.55. The number of hydrogen-bond donors (Lipinski definition) is 0. The van der Waals surface area contributed by atoms with Crippen molar-refractivity contribution in [1.82, 2.24) is 9.80 Å². The van der Waals surface area contributed by atoms with E-state index in [1.807, 2.05) is 57.1 Å². The van der Waals surface area contributed by atoms with E-state index < -0.39 is 0 Å². The molecule has 19 heavy (non-hydrogen) atoms. The van der Waals surface area contributed by atoms with E-state index in [4.69, 9.17) is 4.74 Å². The lowest BCUT2D eigenvalue weighted by Crippen LogP contribution is -2.30. The molecule has 1 amide bonds. The fourth-order valence-electron chi connectivity index (χ4n) is 1.73. The van der Waals surface area contributed by atoms with Crippen molar-refractivity contribution in [2.45, 2.75) is 13.8 Å². The van der Waals surface area contributed by atoms with E-state index in [0.717, 1.165) is 25.4 Å². The van der Waals surface area contributed by atoms with Gasteiger partial charge in [0, 0.05) is 25.2 Å². The number of carbonyl (C=O) groups excluding carboxylic acids is 1. The van der Waals surface area contributed by atoms with Crippen molar-refractivity contribution >= 4 is 5.91 Å². The lowest BCUT2D eigenvalue weighted by molar-refractivity contribution is 0.0773. The predicted molar refractivity (Wildman–Crippen MR) is 77.7 cm³/mol. The lowest BCUT2D eigenvalue weighted by atomic mass is 10.2. The Morgan fingerprint density at radius 3 is 2.16 bits per heavy atom. The fraction of sp³-hybridized carbons (Fsp3) is 0.533. The molecule has 0 aliphatic heterocycles. The van der Waals surface area contributed by atoms with E-state index in [1.165, 1.54) is 0 Å². The van der Waals surface area contributed by atoms with Crippen molar-refractivity contribution in [2.75, 3.05) is 40.3 Å². The molecule has 0 aliphatic rings. The average molecular weight is 264 g/mol. The van der Waals surface area contributed by atoms with Gasteiger partial charge in [0.15, 0.2) is 0 Å². The van der Waals surface area contributed by atoms with Gasteiger partial charge in [0.05, 0.1) is 0 Å². The molecule has 0 N–H and O–H groups in total. The summed E-state index contributed by atoms with van der Waals surface area (Å²) in [4.78, 5) is 16.0. The quantitative estimate of drug-likeness (QED) is 0.756. The van der Waals surface area contributed by atoms with Gasteiger partial charge < -0.3 is 14.5 Å². The SMILES string of the molecule is CCN(CC)C(=O)c1ccc(OCCN(C)C)cc1. The Kier molecular flexibility index (Phi) is 6.36. The standard InChI is InChI=1S/C15H24N2O2/c1-5-17(6-2)15(18)13-7-9-14(10-8-13)19-12-11-16(3)4/h7-10H,5-6,11-12H2,1-4H3. The summed E-state index contributed by atoms with van der Waals surface area (Å²) in [5.41, 5.74) is 0.712. The van der Waals surface area contributed by atoms with Crippen molar-refractivity contribution in [1.29, 1.82) is 0 Å². The molecule has 4 heteroatoms. The molecule has 0 bridgehead atoms. The maximum absolute atomic E-state index is 12.1. The molecule has 0 saturated carbocycles. The van der Waals surface area contributed by atoms with Crippen molar-refractivity contribution in [3.8, 4) is 5.75 Å². The molecule has 0 heterocycles. The Morgan fingerprint density at radius 2 is 1.68 bits per heavy atom. The summed E-state index contributed by atoms with van der Waals surface area (Å²) in [6.45, 7) is 6.96. The number of rotatable bonds is 7.